The Morgan fingerprint density at radius 2 is 1.27 bits per heavy atom. The summed E-state index contributed by atoms with van der Waals surface area (Å²) in [6, 6.07) is 22.6. The van der Waals surface area contributed by atoms with E-state index in [0.717, 1.165) is 11.1 Å². The van der Waals surface area contributed by atoms with E-state index < -0.39 is 18.0 Å². The number of aromatic carboxylic acids is 1. The molecule has 0 saturated carbocycles. The summed E-state index contributed by atoms with van der Waals surface area (Å²) in [6.45, 7) is 0. The van der Waals surface area contributed by atoms with Gasteiger partial charge in [0.15, 0.2) is 6.23 Å². The van der Waals surface area contributed by atoms with E-state index in [4.69, 9.17) is 5.11 Å². The van der Waals surface area contributed by atoms with Gasteiger partial charge < -0.3 is 15.5 Å². The molecule has 0 aromatic heterocycles. The van der Waals surface area contributed by atoms with Crippen molar-refractivity contribution < 1.29 is 19.8 Å². The second-order valence-corrected chi connectivity index (χ2v) is 5.74. The number of hydrogen-bond acceptors (Lipinski definition) is 4. The molecule has 5 heteroatoms. The molecule has 0 aliphatic carbocycles. The highest BCUT2D eigenvalue weighted by molar-refractivity contribution is 6.00. The molecule has 3 aromatic carbocycles. The lowest BCUT2D eigenvalue weighted by atomic mass is 10.0. The van der Waals surface area contributed by atoms with E-state index in [0.29, 0.717) is 11.3 Å². The Labute approximate surface area is 150 Å². The van der Waals surface area contributed by atoms with Crippen molar-refractivity contribution in [1.29, 1.82) is 0 Å². The van der Waals surface area contributed by atoms with Crippen molar-refractivity contribution in [3.05, 3.63) is 90.0 Å². The minimum absolute atomic E-state index is 0.132. The van der Waals surface area contributed by atoms with Gasteiger partial charge in [-0.1, -0.05) is 54.6 Å². The van der Waals surface area contributed by atoms with E-state index in [9.17, 15) is 14.7 Å². The summed E-state index contributed by atoms with van der Waals surface area (Å²) in [5, 5.41) is 21.7. The summed E-state index contributed by atoms with van der Waals surface area (Å²) < 4.78 is 0. The maximum absolute atomic E-state index is 12.4. The number of benzene rings is 3. The summed E-state index contributed by atoms with van der Waals surface area (Å²) >= 11 is 0. The zero-order valence-corrected chi connectivity index (χ0v) is 13.8. The van der Waals surface area contributed by atoms with E-state index in [1.165, 1.54) is 24.3 Å². The molecule has 3 N–H and O–H groups in total. The second kappa shape index (κ2) is 7.63. The number of hydrogen-bond donors (Lipinski definition) is 3. The fourth-order valence-electron chi connectivity index (χ4n) is 2.55. The van der Waals surface area contributed by atoms with E-state index in [-0.39, 0.29) is 5.56 Å². The molecular formula is C21H17NO4. The van der Waals surface area contributed by atoms with Crippen LogP contribution in [-0.4, -0.2) is 28.2 Å². The second-order valence-electron chi connectivity index (χ2n) is 5.74. The third kappa shape index (κ3) is 3.96. The Bertz CT molecular complexity index is 903. The first-order chi connectivity index (χ1) is 12.5. The monoisotopic (exact) mass is 347 g/mol. The van der Waals surface area contributed by atoms with E-state index in [1.54, 1.807) is 12.1 Å². The van der Waals surface area contributed by atoms with Crippen LogP contribution in [-0.2, 0) is 0 Å². The van der Waals surface area contributed by atoms with Crippen molar-refractivity contribution in [1.82, 2.24) is 0 Å². The molecule has 3 aromatic rings. The highest BCUT2D eigenvalue weighted by Gasteiger charge is 2.17. The molecule has 0 aliphatic rings. The summed E-state index contributed by atoms with van der Waals surface area (Å²) in [6.07, 6.45) is -1.42. The number of carbonyl (C=O) groups is 2. The molecule has 3 rings (SSSR count). The standard InChI is InChI=1S/C21H17NO4/c23-19(20(24)22-18-12-10-17(11-13-18)21(25)26)16-8-6-15(7-9-16)14-4-2-1-3-5-14/h1-13,20,22,24H,(H,25,26). The third-order valence-corrected chi connectivity index (χ3v) is 3.96. The highest BCUT2D eigenvalue weighted by Crippen LogP contribution is 2.20. The van der Waals surface area contributed by atoms with E-state index >= 15 is 0 Å². The fraction of sp³-hybridized carbons (Fsp3) is 0.0476. The van der Waals surface area contributed by atoms with Gasteiger partial charge in [0.1, 0.15) is 0 Å². The number of carbonyl (C=O) groups excluding carboxylic acids is 1. The van der Waals surface area contributed by atoms with Crippen molar-refractivity contribution in [2.75, 3.05) is 5.32 Å². The smallest absolute Gasteiger partial charge is 0.335 e. The maximum Gasteiger partial charge on any atom is 0.335 e. The first-order valence-corrected chi connectivity index (χ1v) is 8.02. The van der Waals surface area contributed by atoms with Gasteiger partial charge >= 0.3 is 5.97 Å². The van der Waals surface area contributed by atoms with Crippen LogP contribution in [0.2, 0.25) is 0 Å². The summed E-state index contributed by atoms with van der Waals surface area (Å²) in [5.74, 6) is -1.50. The fourth-order valence-corrected chi connectivity index (χ4v) is 2.55. The summed E-state index contributed by atoms with van der Waals surface area (Å²) in [7, 11) is 0. The molecule has 0 amide bonds. The lowest BCUT2D eigenvalue weighted by molar-refractivity contribution is 0.0696. The number of Topliss-reactive ketones (excluding diaryl/α,β-unsaturated/α-hetero) is 1. The Kier molecular flexibility index (Phi) is 5.10. The van der Waals surface area contributed by atoms with Gasteiger partial charge in [0.05, 0.1) is 5.56 Å². The van der Waals surface area contributed by atoms with Crippen molar-refractivity contribution in [3.63, 3.8) is 0 Å². The topological polar surface area (TPSA) is 86.6 Å². The number of ketones is 1. The molecular weight excluding hydrogens is 330 g/mol. The lowest BCUT2D eigenvalue weighted by Gasteiger charge is -2.13. The van der Waals surface area contributed by atoms with Crippen LogP contribution in [0.3, 0.4) is 0 Å². The quantitative estimate of drug-likeness (QED) is 0.468. The van der Waals surface area contributed by atoms with Gasteiger partial charge in [-0.2, -0.15) is 0 Å². The third-order valence-electron chi connectivity index (χ3n) is 3.96. The van der Waals surface area contributed by atoms with Gasteiger partial charge in [0, 0.05) is 11.3 Å². The van der Waals surface area contributed by atoms with Gasteiger partial charge in [-0.3, -0.25) is 4.79 Å². The molecule has 0 saturated heterocycles. The first-order valence-electron chi connectivity index (χ1n) is 8.02. The number of aliphatic hydroxyl groups excluding tert-OH is 1. The zero-order chi connectivity index (χ0) is 18.5. The van der Waals surface area contributed by atoms with Crippen LogP contribution < -0.4 is 5.32 Å². The largest absolute Gasteiger partial charge is 0.478 e. The van der Waals surface area contributed by atoms with Gasteiger partial charge in [-0.15, -0.1) is 0 Å². The van der Waals surface area contributed by atoms with Crippen LogP contribution in [0.4, 0.5) is 5.69 Å². The first kappa shape index (κ1) is 17.4. The molecule has 1 atom stereocenters. The number of rotatable bonds is 6. The molecule has 0 radical (unpaired) electrons. The molecule has 0 bridgehead atoms. The van der Waals surface area contributed by atoms with Crippen molar-refractivity contribution in [2.24, 2.45) is 0 Å². The number of carboxylic acids is 1. The highest BCUT2D eigenvalue weighted by atomic mass is 16.4. The van der Waals surface area contributed by atoms with Crippen molar-refractivity contribution in [2.45, 2.75) is 6.23 Å². The Morgan fingerprint density at radius 1 is 0.731 bits per heavy atom. The normalized spacial score (nSPS) is 11.6. The molecule has 1 unspecified atom stereocenters. The predicted octanol–water partition coefficient (Wildman–Crippen LogP) is 3.67. The van der Waals surface area contributed by atoms with Crippen LogP contribution in [0.25, 0.3) is 11.1 Å². The van der Waals surface area contributed by atoms with Gasteiger partial charge in [0.25, 0.3) is 0 Å². The minimum Gasteiger partial charge on any atom is -0.478 e. The molecule has 26 heavy (non-hydrogen) atoms. The molecule has 0 fully saturated rings. The van der Waals surface area contributed by atoms with Gasteiger partial charge in [-0.05, 0) is 35.4 Å². The van der Waals surface area contributed by atoms with Crippen LogP contribution >= 0.6 is 0 Å². The Balaban J connectivity index is 1.69. The predicted molar refractivity (Wildman–Crippen MR) is 99.2 cm³/mol. The average molecular weight is 347 g/mol. The number of nitrogens with one attached hydrogen (secondary N) is 1. The van der Waals surface area contributed by atoms with Gasteiger partial charge in [0.2, 0.25) is 5.78 Å². The summed E-state index contributed by atoms with van der Waals surface area (Å²) in [5.41, 5.74) is 2.99. The van der Waals surface area contributed by atoms with Gasteiger partial charge in [-0.25, -0.2) is 4.79 Å². The zero-order valence-electron chi connectivity index (χ0n) is 13.8. The van der Waals surface area contributed by atoms with Crippen molar-refractivity contribution in [3.8, 4) is 11.1 Å². The number of anilines is 1. The molecule has 130 valence electrons. The lowest BCUT2D eigenvalue weighted by Crippen LogP contribution is -2.29. The molecule has 5 nitrogen and oxygen atoms in total. The average Bonchev–Trinajstić information content (AvgIpc) is 2.68. The minimum atomic E-state index is -1.42. The molecule has 0 heterocycles. The maximum atomic E-state index is 12.4. The number of aliphatic hydroxyl groups is 1. The summed E-state index contributed by atoms with van der Waals surface area (Å²) in [4.78, 5) is 23.2. The van der Waals surface area contributed by atoms with Crippen LogP contribution in [0.15, 0.2) is 78.9 Å². The van der Waals surface area contributed by atoms with Crippen LogP contribution in [0, 0.1) is 0 Å². The number of carboxylic acid groups (broad SMARTS) is 1. The van der Waals surface area contributed by atoms with Crippen molar-refractivity contribution >= 4 is 17.4 Å². The Morgan fingerprint density at radius 3 is 1.85 bits per heavy atom. The van der Waals surface area contributed by atoms with E-state index in [2.05, 4.69) is 5.32 Å². The van der Waals surface area contributed by atoms with E-state index in [1.807, 2.05) is 42.5 Å². The van der Waals surface area contributed by atoms with Crippen LogP contribution in [0.1, 0.15) is 20.7 Å². The molecule has 0 spiro atoms. The van der Waals surface area contributed by atoms with Crippen LogP contribution in [0.5, 0.6) is 0 Å². The molecule has 0 aliphatic heterocycles. The Hall–Kier alpha value is -3.44. The SMILES string of the molecule is O=C(O)c1ccc(NC(O)C(=O)c2ccc(-c3ccccc3)cc2)cc1.